The van der Waals surface area contributed by atoms with Crippen LogP contribution in [0.15, 0.2) is 24.5 Å². The number of aryl methyl sites for hydroxylation is 1. The second kappa shape index (κ2) is 4.63. The molecule has 0 saturated carbocycles. The third-order valence-corrected chi connectivity index (χ3v) is 2.48. The zero-order chi connectivity index (χ0) is 11.5. The highest BCUT2D eigenvalue weighted by atomic mass is 16.3. The van der Waals surface area contributed by atoms with Gasteiger partial charge < -0.3 is 14.8 Å². The number of aliphatic hydroxyl groups excluding tert-OH is 1. The second-order valence-corrected chi connectivity index (χ2v) is 4.16. The van der Waals surface area contributed by atoms with Crippen molar-refractivity contribution in [3.8, 4) is 0 Å². The minimum absolute atomic E-state index is 0.319. The van der Waals surface area contributed by atoms with Crippen LogP contribution >= 0.6 is 0 Å². The molecule has 0 bridgehead atoms. The molecule has 0 amide bonds. The topological polar surface area (TPSA) is 49.6 Å². The van der Waals surface area contributed by atoms with Crippen LogP contribution in [-0.4, -0.2) is 27.1 Å². The van der Waals surface area contributed by atoms with E-state index in [1.807, 2.05) is 12.3 Å². The van der Waals surface area contributed by atoms with Gasteiger partial charge in [0.25, 0.3) is 0 Å². The Balaban J connectivity index is 2.15. The fraction of sp³-hybridized carbons (Fsp3) is 0.417. The number of nitrogens with one attached hydrogen (secondary N) is 1. The zero-order valence-electron chi connectivity index (χ0n) is 9.64. The van der Waals surface area contributed by atoms with Crippen LogP contribution in [0.5, 0.6) is 0 Å². The third kappa shape index (κ3) is 2.40. The molecule has 16 heavy (non-hydrogen) atoms. The Bertz CT molecular complexity index is 476. The minimum Gasteiger partial charge on any atom is -0.392 e. The minimum atomic E-state index is -0.319. The summed E-state index contributed by atoms with van der Waals surface area (Å²) >= 11 is 0. The lowest BCUT2D eigenvalue weighted by molar-refractivity contribution is 0.191. The number of imidazole rings is 1. The largest absolute Gasteiger partial charge is 0.392 e. The summed E-state index contributed by atoms with van der Waals surface area (Å²) in [6.07, 6.45) is 3.62. The molecule has 0 aliphatic heterocycles. The van der Waals surface area contributed by atoms with Crippen LogP contribution in [-0.2, 0) is 6.54 Å². The SMILES string of the molecule is Cc1ccc2ncc(CNC[C@H](C)O)n2c1. The lowest BCUT2D eigenvalue weighted by Crippen LogP contribution is -2.24. The number of pyridine rings is 1. The molecule has 1 atom stereocenters. The fourth-order valence-electron chi connectivity index (χ4n) is 1.68. The maximum Gasteiger partial charge on any atom is 0.136 e. The standard InChI is InChI=1S/C12H17N3O/c1-9-3-4-12-14-7-11(15(12)8-9)6-13-5-10(2)16/h3-4,7-8,10,13,16H,5-6H2,1-2H3/t10-/m0/s1. The van der Waals surface area contributed by atoms with E-state index >= 15 is 0 Å². The predicted molar refractivity (Wildman–Crippen MR) is 63.3 cm³/mol. The Morgan fingerprint density at radius 2 is 2.31 bits per heavy atom. The first-order valence-corrected chi connectivity index (χ1v) is 5.48. The van der Waals surface area contributed by atoms with E-state index in [1.54, 1.807) is 6.92 Å². The molecule has 0 aliphatic carbocycles. The number of nitrogens with zero attached hydrogens (tertiary/aromatic N) is 2. The molecule has 0 radical (unpaired) electrons. The molecule has 2 rings (SSSR count). The molecular formula is C12H17N3O. The third-order valence-electron chi connectivity index (χ3n) is 2.48. The number of hydrogen-bond acceptors (Lipinski definition) is 3. The highest BCUT2D eigenvalue weighted by Gasteiger charge is 2.03. The van der Waals surface area contributed by atoms with Gasteiger partial charge >= 0.3 is 0 Å². The molecular weight excluding hydrogens is 202 g/mol. The van der Waals surface area contributed by atoms with Crippen molar-refractivity contribution in [2.24, 2.45) is 0 Å². The van der Waals surface area contributed by atoms with Crippen LogP contribution in [0.4, 0.5) is 0 Å². The van der Waals surface area contributed by atoms with Crippen molar-refractivity contribution in [1.29, 1.82) is 0 Å². The van der Waals surface area contributed by atoms with Gasteiger partial charge in [-0.2, -0.15) is 0 Å². The van der Waals surface area contributed by atoms with Gasteiger partial charge in [-0.25, -0.2) is 4.98 Å². The summed E-state index contributed by atoms with van der Waals surface area (Å²) in [7, 11) is 0. The number of aromatic nitrogens is 2. The Hall–Kier alpha value is -1.39. The molecule has 0 fully saturated rings. The quantitative estimate of drug-likeness (QED) is 0.810. The first-order valence-electron chi connectivity index (χ1n) is 5.48. The Morgan fingerprint density at radius 3 is 3.06 bits per heavy atom. The Labute approximate surface area is 94.9 Å². The molecule has 0 spiro atoms. The average molecular weight is 219 g/mol. The van der Waals surface area contributed by atoms with Crippen LogP contribution in [0.1, 0.15) is 18.2 Å². The van der Waals surface area contributed by atoms with Crippen LogP contribution in [0, 0.1) is 6.92 Å². The summed E-state index contributed by atoms with van der Waals surface area (Å²) in [4.78, 5) is 4.32. The Kier molecular flexibility index (Phi) is 3.22. The molecule has 2 heterocycles. The van der Waals surface area contributed by atoms with E-state index in [1.165, 1.54) is 5.56 Å². The summed E-state index contributed by atoms with van der Waals surface area (Å²) in [6, 6.07) is 4.06. The number of fused-ring (bicyclic) bond motifs is 1. The maximum atomic E-state index is 9.15. The van der Waals surface area contributed by atoms with Crippen LogP contribution in [0.25, 0.3) is 5.65 Å². The van der Waals surface area contributed by atoms with Crippen molar-refractivity contribution in [2.45, 2.75) is 26.5 Å². The van der Waals surface area contributed by atoms with E-state index in [4.69, 9.17) is 5.11 Å². The van der Waals surface area contributed by atoms with E-state index in [-0.39, 0.29) is 6.10 Å². The predicted octanol–water partition coefficient (Wildman–Crippen LogP) is 1.11. The van der Waals surface area contributed by atoms with Gasteiger partial charge in [0.1, 0.15) is 5.65 Å². The van der Waals surface area contributed by atoms with E-state index < -0.39 is 0 Å². The zero-order valence-corrected chi connectivity index (χ0v) is 9.64. The van der Waals surface area contributed by atoms with Crippen molar-refractivity contribution in [3.63, 3.8) is 0 Å². The van der Waals surface area contributed by atoms with Gasteiger partial charge in [-0.05, 0) is 25.5 Å². The summed E-state index contributed by atoms with van der Waals surface area (Å²) in [5.41, 5.74) is 3.28. The summed E-state index contributed by atoms with van der Waals surface area (Å²) in [5.74, 6) is 0. The highest BCUT2D eigenvalue weighted by Crippen LogP contribution is 2.08. The molecule has 4 heteroatoms. The molecule has 2 N–H and O–H groups in total. The number of rotatable bonds is 4. The van der Waals surface area contributed by atoms with Crippen molar-refractivity contribution < 1.29 is 5.11 Å². The van der Waals surface area contributed by atoms with Crippen LogP contribution in [0.2, 0.25) is 0 Å². The lowest BCUT2D eigenvalue weighted by atomic mass is 10.3. The first-order chi connectivity index (χ1) is 7.66. The molecule has 0 saturated heterocycles. The molecule has 2 aromatic rings. The molecule has 86 valence electrons. The average Bonchev–Trinajstić information content (AvgIpc) is 2.60. The van der Waals surface area contributed by atoms with Gasteiger partial charge in [-0.1, -0.05) is 6.07 Å². The van der Waals surface area contributed by atoms with Gasteiger partial charge in [0, 0.05) is 19.3 Å². The van der Waals surface area contributed by atoms with Gasteiger partial charge in [-0.15, -0.1) is 0 Å². The van der Waals surface area contributed by atoms with Gasteiger partial charge in [0.2, 0.25) is 0 Å². The van der Waals surface area contributed by atoms with Crippen LogP contribution in [0.3, 0.4) is 0 Å². The second-order valence-electron chi connectivity index (χ2n) is 4.16. The highest BCUT2D eigenvalue weighted by molar-refractivity contribution is 5.41. The normalized spacial score (nSPS) is 13.2. The maximum absolute atomic E-state index is 9.15. The summed E-state index contributed by atoms with van der Waals surface area (Å²) < 4.78 is 2.07. The molecule has 4 nitrogen and oxygen atoms in total. The van der Waals surface area contributed by atoms with E-state index in [2.05, 4.69) is 33.9 Å². The van der Waals surface area contributed by atoms with E-state index in [0.29, 0.717) is 6.54 Å². The van der Waals surface area contributed by atoms with E-state index in [9.17, 15) is 0 Å². The number of hydrogen-bond donors (Lipinski definition) is 2. The Morgan fingerprint density at radius 1 is 1.50 bits per heavy atom. The van der Waals surface area contributed by atoms with Gasteiger partial charge in [-0.3, -0.25) is 0 Å². The van der Waals surface area contributed by atoms with Crippen molar-refractivity contribution in [3.05, 3.63) is 35.8 Å². The van der Waals surface area contributed by atoms with E-state index in [0.717, 1.165) is 17.9 Å². The number of aliphatic hydroxyl groups is 1. The smallest absolute Gasteiger partial charge is 0.136 e. The lowest BCUT2D eigenvalue weighted by Gasteiger charge is -2.06. The first kappa shape index (κ1) is 11.1. The van der Waals surface area contributed by atoms with Crippen molar-refractivity contribution >= 4 is 5.65 Å². The van der Waals surface area contributed by atoms with Gasteiger partial charge in [0.05, 0.1) is 18.0 Å². The van der Waals surface area contributed by atoms with Crippen LogP contribution < -0.4 is 5.32 Å². The molecule has 0 aromatic carbocycles. The molecule has 0 aliphatic rings. The molecule has 0 unspecified atom stereocenters. The summed E-state index contributed by atoms with van der Waals surface area (Å²) in [5, 5.41) is 12.3. The fourth-order valence-corrected chi connectivity index (χ4v) is 1.68. The summed E-state index contributed by atoms with van der Waals surface area (Å²) in [6.45, 7) is 5.15. The molecule has 2 aromatic heterocycles. The van der Waals surface area contributed by atoms with Gasteiger partial charge in [0.15, 0.2) is 0 Å². The monoisotopic (exact) mass is 219 g/mol. The van der Waals surface area contributed by atoms with Crippen molar-refractivity contribution in [1.82, 2.24) is 14.7 Å². The van der Waals surface area contributed by atoms with Crippen molar-refractivity contribution in [2.75, 3.05) is 6.54 Å².